The van der Waals surface area contributed by atoms with E-state index in [9.17, 15) is 23.1 Å². The Balaban J connectivity index is 2.75. The van der Waals surface area contributed by atoms with Gasteiger partial charge in [0, 0.05) is 11.1 Å². The molecule has 0 saturated heterocycles. The highest BCUT2D eigenvalue weighted by molar-refractivity contribution is 5.96. The summed E-state index contributed by atoms with van der Waals surface area (Å²) < 4.78 is 51.0. The summed E-state index contributed by atoms with van der Waals surface area (Å²) in [6.07, 6.45) is -4.39. The van der Waals surface area contributed by atoms with Crippen LogP contribution in [0.15, 0.2) is 17.7 Å². The number of hydrogen-bond donors (Lipinski definition) is 1. The van der Waals surface area contributed by atoms with Crippen LogP contribution >= 0.6 is 0 Å². The minimum atomic E-state index is -4.86. The second-order valence-electron chi connectivity index (χ2n) is 4.95. The molecule has 2 rings (SSSR count). The smallest absolute Gasteiger partial charge is 0.432 e. The van der Waals surface area contributed by atoms with Gasteiger partial charge in [-0.15, -0.1) is 0 Å². The highest BCUT2D eigenvalue weighted by Crippen LogP contribution is 2.49. The third-order valence-corrected chi connectivity index (χ3v) is 3.80. The Bertz CT molecular complexity index is 649. The van der Waals surface area contributed by atoms with Crippen molar-refractivity contribution in [2.45, 2.75) is 32.0 Å². The van der Waals surface area contributed by atoms with Crippen LogP contribution in [-0.2, 0) is 4.79 Å². The number of halogens is 3. The third-order valence-electron chi connectivity index (χ3n) is 3.80. The third kappa shape index (κ3) is 2.20. The molecule has 0 spiro atoms. The summed E-state index contributed by atoms with van der Waals surface area (Å²) in [5.41, 5.74) is -3.02. The van der Waals surface area contributed by atoms with E-state index >= 15 is 0 Å². The van der Waals surface area contributed by atoms with E-state index in [-0.39, 0.29) is 11.3 Å². The molecule has 0 bridgehead atoms. The van der Waals surface area contributed by atoms with Gasteiger partial charge < -0.3 is 14.6 Å². The van der Waals surface area contributed by atoms with Crippen molar-refractivity contribution in [1.82, 2.24) is 0 Å². The summed E-state index contributed by atoms with van der Waals surface area (Å²) >= 11 is 0. The molecule has 1 N–H and O–H groups in total. The Morgan fingerprint density at radius 3 is 2.50 bits per heavy atom. The molecule has 0 amide bonds. The summed E-state index contributed by atoms with van der Waals surface area (Å²) in [5.74, 6) is -1.29. The first-order valence-electron chi connectivity index (χ1n) is 6.56. The number of alkyl halides is 3. The number of methoxy groups -OCH3 is 1. The molecule has 120 valence electrons. The molecule has 1 aromatic rings. The van der Waals surface area contributed by atoms with Crippen molar-refractivity contribution in [3.63, 3.8) is 0 Å². The van der Waals surface area contributed by atoms with Gasteiger partial charge in [0.05, 0.1) is 12.7 Å². The number of fused-ring (bicyclic) bond motifs is 1. The molecule has 0 saturated carbocycles. The van der Waals surface area contributed by atoms with Crippen molar-refractivity contribution in [3.05, 3.63) is 28.8 Å². The van der Waals surface area contributed by atoms with Crippen LogP contribution in [0.3, 0.4) is 0 Å². The molecule has 0 aliphatic carbocycles. The lowest BCUT2D eigenvalue weighted by Gasteiger charge is -2.39. The predicted molar refractivity (Wildman–Crippen MR) is 73.0 cm³/mol. The number of carboxylic acids is 1. The fourth-order valence-corrected chi connectivity index (χ4v) is 2.57. The Morgan fingerprint density at radius 1 is 1.41 bits per heavy atom. The van der Waals surface area contributed by atoms with Crippen LogP contribution in [0.25, 0.3) is 6.08 Å². The van der Waals surface area contributed by atoms with Crippen molar-refractivity contribution in [2.24, 2.45) is 0 Å². The molecule has 4 nitrogen and oxygen atoms in total. The Kier molecular flexibility index (Phi) is 3.85. The van der Waals surface area contributed by atoms with Crippen LogP contribution in [0.2, 0.25) is 0 Å². The molecule has 1 atom stereocenters. The highest BCUT2D eigenvalue weighted by atomic mass is 19.4. The lowest BCUT2D eigenvalue weighted by Crippen LogP contribution is -2.54. The van der Waals surface area contributed by atoms with Gasteiger partial charge in [0.25, 0.3) is 0 Å². The first-order chi connectivity index (χ1) is 10.2. The number of aliphatic carboxylic acids is 1. The predicted octanol–water partition coefficient (Wildman–Crippen LogP) is 3.58. The number of hydrogen-bond acceptors (Lipinski definition) is 3. The van der Waals surface area contributed by atoms with E-state index in [4.69, 9.17) is 9.47 Å². The van der Waals surface area contributed by atoms with E-state index in [2.05, 4.69) is 0 Å². The fourth-order valence-electron chi connectivity index (χ4n) is 2.57. The number of carbonyl (C=O) groups is 1. The van der Waals surface area contributed by atoms with Gasteiger partial charge >= 0.3 is 12.1 Å². The maximum atomic E-state index is 13.6. The van der Waals surface area contributed by atoms with E-state index < -0.39 is 29.7 Å². The van der Waals surface area contributed by atoms with Crippen molar-refractivity contribution in [1.29, 1.82) is 0 Å². The van der Waals surface area contributed by atoms with Gasteiger partial charge in [-0.05, 0) is 31.6 Å². The van der Waals surface area contributed by atoms with Crippen molar-refractivity contribution in [2.75, 3.05) is 7.11 Å². The minimum absolute atomic E-state index is 0.0106. The van der Waals surface area contributed by atoms with Gasteiger partial charge in [-0.2, -0.15) is 13.2 Å². The largest absolute Gasteiger partial charge is 0.496 e. The summed E-state index contributed by atoms with van der Waals surface area (Å²) in [4.78, 5) is 11.3. The molecule has 1 aliphatic heterocycles. The standard InChI is InChI=1S/C15H15F3O4/c1-4-14(15(16,17)18)10(13(19)20)7-9-5-6-11(21-3)8(2)12(9)22-14/h5-7H,4H2,1-3H3,(H,19,20). The second kappa shape index (κ2) is 5.23. The van der Waals surface area contributed by atoms with E-state index in [1.54, 1.807) is 13.0 Å². The zero-order valence-electron chi connectivity index (χ0n) is 12.2. The van der Waals surface area contributed by atoms with Crippen LogP contribution in [0.5, 0.6) is 11.5 Å². The van der Waals surface area contributed by atoms with Crippen LogP contribution < -0.4 is 9.47 Å². The summed E-state index contributed by atoms with van der Waals surface area (Å²) in [6, 6.07) is 3.03. The van der Waals surface area contributed by atoms with E-state index in [0.717, 1.165) is 6.08 Å². The van der Waals surface area contributed by atoms with E-state index in [0.29, 0.717) is 11.3 Å². The van der Waals surface area contributed by atoms with Gasteiger partial charge in [-0.1, -0.05) is 6.92 Å². The maximum Gasteiger partial charge on any atom is 0.432 e. The Morgan fingerprint density at radius 2 is 2.05 bits per heavy atom. The van der Waals surface area contributed by atoms with Crippen molar-refractivity contribution in [3.8, 4) is 11.5 Å². The quantitative estimate of drug-likeness (QED) is 0.926. The lowest BCUT2D eigenvalue weighted by atomic mass is 9.85. The molecule has 1 aromatic carbocycles. The molecular formula is C15H15F3O4. The highest BCUT2D eigenvalue weighted by Gasteiger charge is 2.62. The number of rotatable bonds is 3. The molecule has 1 unspecified atom stereocenters. The Labute approximate surface area is 125 Å². The fraction of sp³-hybridized carbons (Fsp3) is 0.400. The van der Waals surface area contributed by atoms with E-state index in [1.807, 2.05) is 0 Å². The monoisotopic (exact) mass is 316 g/mol. The SMILES string of the molecule is CCC1(C(F)(F)F)Oc2c(ccc(OC)c2C)C=C1C(=O)O. The van der Waals surface area contributed by atoms with Crippen LogP contribution in [-0.4, -0.2) is 30.0 Å². The summed E-state index contributed by atoms with van der Waals surface area (Å²) in [6.45, 7) is 2.80. The van der Waals surface area contributed by atoms with Gasteiger partial charge in [0.15, 0.2) is 0 Å². The number of carboxylic acid groups (broad SMARTS) is 1. The van der Waals surface area contributed by atoms with Gasteiger partial charge in [-0.3, -0.25) is 0 Å². The number of ether oxygens (including phenoxy) is 2. The van der Waals surface area contributed by atoms with E-state index in [1.165, 1.54) is 20.1 Å². The average Bonchev–Trinajstić information content (AvgIpc) is 2.45. The van der Waals surface area contributed by atoms with Crippen molar-refractivity contribution >= 4 is 12.0 Å². The average molecular weight is 316 g/mol. The first-order valence-corrected chi connectivity index (χ1v) is 6.56. The van der Waals surface area contributed by atoms with Gasteiger partial charge in [-0.25, -0.2) is 4.79 Å². The molecule has 0 aromatic heterocycles. The molecule has 0 radical (unpaired) electrons. The molecule has 22 heavy (non-hydrogen) atoms. The van der Waals surface area contributed by atoms with Gasteiger partial charge in [0.2, 0.25) is 5.60 Å². The van der Waals surface area contributed by atoms with Crippen molar-refractivity contribution < 1.29 is 32.5 Å². The van der Waals surface area contributed by atoms with Crippen LogP contribution in [0.1, 0.15) is 24.5 Å². The molecular weight excluding hydrogens is 301 g/mol. The normalized spacial score (nSPS) is 20.7. The van der Waals surface area contributed by atoms with Gasteiger partial charge in [0.1, 0.15) is 11.5 Å². The zero-order chi connectivity index (χ0) is 16.7. The van der Waals surface area contributed by atoms with Crippen LogP contribution in [0.4, 0.5) is 13.2 Å². The first kappa shape index (κ1) is 16.2. The number of benzene rings is 1. The second-order valence-corrected chi connectivity index (χ2v) is 4.95. The molecule has 1 heterocycles. The molecule has 0 fully saturated rings. The maximum absolute atomic E-state index is 13.6. The lowest BCUT2D eigenvalue weighted by molar-refractivity contribution is -0.236. The molecule has 1 aliphatic rings. The topological polar surface area (TPSA) is 55.8 Å². The summed E-state index contributed by atoms with van der Waals surface area (Å²) in [5, 5.41) is 9.19. The minimum Gasteiger partial charge on any atom is -0.496 e. The van der Waals surface area contributed by atoms with Crippen LogP contribution in [0, 0.1) is 6.92 Å². The Hall–Kier alpha value is -2.18. The molecule has 7 heteroatoms. The zero-order valence-corrected chi connectivity index (χ0v) is 12.2. The summed E-state index contributed by atoms with van der Waals surface area (Å²) in [7, 11) is 1.40.